The predicted molar refractivity (Wildman–Crippen MR) is 90.0 cm³/mol. The van der Waals surface area contributed by atoms with Crippen LogP contribution in [0, 0.1) is 5.82 Å². The highest BCUT2D eigenvalue weighted by molar-refractivity contribution is 5.85. The SMILES string of the molecule is CNC(C(=O)N(C)CCc1ccc(F)cc1)c1cnn(C)c1.Cl. The summed E-state index contributed by atoms with van der Waals surface area (Å²) in [5.41, 5.74) is 1.84. The molecule has 0 saturated heterocycles. The normalized spacial score (nSPS) is 11.7. The molecule has 2 aromatic rings. The molecule has 1 heterocycles. The third kappa shape index (κ3) is 5.04. The average molecular weight is 341 g/mol. The molecule has 0 aliphatic rings. The number of aryl methyl sites for hydroxylation is 1. The van der Waals surface area contributed by atoms with E-state index in [1.54, 1.807) is 42.0 Å². The van der Waals surface area contributed by atoms with Gasteiger partial charge in [0.25, 0.3) is 0 Å². The highest BCUT2D eigenvalue weighted by atomic mass is 35.5. The number of aromatic nitrogens is 2. The van der Waals surface area contributed by atoms with Crippen molar-refractivity contribution in [2.24, 2.45) is 7.05 Å². The molecule has 23 heavy (non-hydrogen) atoms. The van der Waals surface area contributed by atoms with Gasteiger partial charge in [0.2, 0.25) is 5.91 Å². The molecule has 7 heteroatoms. The molecule has 0 radical (unpaired) electrons. The van der Waals surface area contributed by atoms with Gasteiger partial charge >= 0.3 is 0 Å². The molecule has 2 rings (SSSR count). The van der Waals surface area contributed by atoms with E-state index in [1.807, 2.05) is 13.2 Å². The Kier molecular flexibility index (Phi) is 7.19. The third-order valence-corrected chi connectivity index (χ3v) is 3.62. The molecule has 0 aliphatic heterocycles. The molecule has 1 unspecified atom stereocenters. The van der Waals surface area contributed by atoms with Crippen LogP contribution in [0.1, 0.15) is 17.2 Å². The molecule has 0 bridgehead atoms. The number of likely N-dealkylation sites (N-methyl/N-ethyl adjacent to an activating group) is 2. The maximum absolute atomic E-state index is 12.9. The first-order chi connectivity index (χ1) is 10.5. The number of nitrogens with zero attached hydrogens (tertiary/aromatic N) is 3. The summed E-state index contributed by atoms with van der Waals surface area (Å²) in [5.74, 6) is -0.266. The summed E-state index contributed by atoms with van der Waals surface area (Å²) in [6.45, 7) is 0.572. The minimum Gasteiger partial charge on any atom is -0.344 e. The minimum absolute atomic E-state index is 0. The second-order valence-corrected chi connectivity index (χ2v) is 5.31. The Hall–Kier alpha value is -1.92. The Balaban J connectivity index is 0.00000264. The van der Waals surface area contributed by atoms with Crippen LogP contribution in [0.15, 0.2) is 36.7 Å². The molecule has 0 aliphatic carbocycles. The highest BCUT2D eigenvalue weighted by Gasteiger charge is 2.23. The standard InChI is InChI=1S/C16H21FN4O.ClH/c1-18-15(13-10-19-21(3)11-13)16(22)20(2)9-8-12-4-6-14(17)7-5-12;/h4-7,10-11,15,18H,8-9H2,1-3H3;1H. The molecule has 0 fully saturated rings. The van der Waals surface area contributed by atoms with Gasteiger partial charge in [0.15, 0.2) is 0 Å². The number of amides is 1. The maximum Gasteiger partial charge on any atom is 0.244 e. The zero-order valence-electron chi connectivity index (χ0n) is 13.5. The summed E-state index contributed by atoms with van der Waals surface area (Å²) in [6, 6.07) is 5.94. The molecule has 126 valence electrons. The summed E-state index contributed by atoms with van der Waals surface area (Å²) in [7, 11) is 5.34. The van der Waals surface area contributed by atoms with Crippen molar-refractivity contribution in [3.8, 4) is 0 Å². The summed E-state index contributed by atoms with van der Waals surface area (Å²) >= 11 is 0. The maximum atomic E-state index is 12.9. The van der Waals surface area contributed by atoms with Crippen molar-refractivity contribution in [1.82, 2.24) is 20.0 Å². The fourth-order valence-corrected chi connectivity index (χ4v) is 2.30. The lowest BCUT2D eigenvalue weighted by Crippen LogP contribution is -2.38. The van der Waals surface area contributed by atoms with Gasteiger partial charge in [-0.1, -0.05) is 12.1 Å². The summed E-state index contributed by atoms with van der Waals surface area (Å²) < 4.78 is 14.5. The van der Waals surface area contributed by atoms with Crippen LogP contribution in [0.5, 0.6) is 0 Å². The minimum atomic E-state index is -0.410. The number of rotatable bonds is 6. The van der Waals surface area contributed by atoms with Gasteiger partial charge < -0.3 is 10.2 Å². The van der Waals surface area contributed by atoms with Gasteiger partial charge in [-0.05, 0) is 31.2 Å². The Labute approximate surface area is 141 Å². The van der Waals surface area contributed by atoms with E-state index in [0.717, 1.165) is 11.1 Å². The van der Waals surface area contributed by atoms with Crippen LogP contribution in [0.2, 0.25) is 0 Å². The fourth-order valence-electron chi connectivity index (χ4n) is 2.30. The molecular weight excluding hydrogens is 319 g/mol. The van der Waals surface area contributed by atoms with Crippen molar-refractivity contribution in [3.05, 3.63) is 53.6 Å². The van der Waals surface area contributed by atoms with E-state index >= 15 is 0 Å². The zero-order chi connectivity index (χ0) is 16.1. The van der Waals surface area contributed by atoms with E-state index < -0.39 is 6.04 Å². The first-order valence-corrected chi connectivity index (χ1v) is 7.16. The van der Waals surface area contributed by atoms with Crippen LogP contribution in [0.4, 0.5) is 4.39 Å². The van der Waals surface area contributed by atoms with Crippen molar-refractivity contribution in [2.45, 2.75) is 12.5 Å². The highest BCUT2D eigenvalue weighted by Crippen LogP contribution is 2.14. The Morgan fingerprint density at radius 3 is 2.57 bits per heavy atom. The lowest BCUT2D eigenvalue weighted by Gasteiger charge is -2.23. The molecule has 1 amide bonds. The van der Waals surface area contributed by atoms with Crippen molar-refractivity contribution in [3.63, 3.8) is 0 Å². The van der Waals surface area contributed by atoms with E-state index in [4.69, 9.17) is 0 Å². The molecule has 5 nitrogen and oxygen atoms in total. The van der Waals surface area contributed by atoms with Crippen molar-refractivity contribution >= 4 is 18.3 Å². The van der Waals surface area contributed by atoms with Crippen LogP contribution < -0.4 is 5.32 Å². The van der Waals surface area contributed by atoms with Gasteiger partial charge in [0, 0.05) is 32.4 Å². The molecule has 1 N–H and O–H groups in total. The van der Waals surface area contributed by atoms with E-state index in [9.17, 15) is 9.18 Å². The largest absolute Gasteiger partial charge is 0.344 e. The molecule has 0 spiro atoms. The Morgan fingerprint density at radius 1 is 1.39 bits per heavy atom. The van der Waals surface area contributed by atoms with Gasteiger partial charge in [-0.2, -0.15) is 5.10 Å². The van der Waals surface area contributed by atoms with Gasteiger partial charge in [-0.15, -0.1) is 12.4 Å². The van der Waals surface area contributed by atoms with Crippen molar-refractivity contribution < 1.29 is 9.18 Å². The summed E-state index contributed by atoms with van der Waals surface area (Å²) in [5, 5.41) is 7.12. The smallest absolute Gasteiger partial charge is 0.244 e. The van der Waals surface area contributed by atoms with Gasteiger partial charge in [-0.25, -0.2) is 4.39 Å². The van der Waals surface area contributed by atoms with Crippen LogP contribution in [-0.2, 0) is 18.3 Å². The van der Waals surface area contributed by atoms with E-state index in [2.05, 4.69) is 10.4 Å². The van der Waals surface area contributed by atoms with E-state index in [0.29, 0.717) is 13.0 Å². The molecule has 1 aromatic heterocycles. The average Bonchev–Trinajstić information content (AvgIpc) is 2.93. The number of carbonyl (C=O) groups excluding carboxylic acids is 1. The van der Waals surface area contributed by atoms with E-state index in [-0.39, 0.29) is 24.1 Å². The zero-order valence-corrected chi connectivity index (χ0v) is 14.3. The quantitative estimate of drug-likeness (QED) is 0.874. The number of hydrogen-bond donors (Lipinski definition) is 1. The second-order valence-electron chi connectivity index (χ2n) is 5.31. The van der Waals surface area contributed by atoms with Crippen LogP contribution in [0.3, 0.4) is 0 Å². The monoisotopic (exact) mass is 340 g/mol. The molecule has 1 aromatic carbocycles. The predicted octanol–water partition coefficient (Wildman–Crippen LogP) is 1.94. The van der Waals surface area contributed by atoms with Gasteiger partial charge in [-0.3, -0.25) is 9.48 Å². The number of hydrogen-bond acceptors (Lipinski definition) is 3. The third-order valence-electron chi connectivity index (χ3n) is 3.62. The van der Waals surface area contributed by atoms with Crippen molar-refractivity contribution in [1.29, 1.82) is 0 Å². The van der Waals surface area contributed by atoms with Crippen LogP contribution in [0.25, 0.3) is 0 Å². The lowest BCUT2D eigenvalue weighted by molar-refractivity contribution is -0.132. The second kappa shape index (κ2) is 8.64. The fraction of sp³-hybridized carbons (Fsp3) is 0.375. The van der Waals surface area contributed by atoms with Crippen LogP contribution in [-0.4, -0.2) is 41.2 Å². The number of nitrogens with one attached hydrogen (secondary N) is 1. The Bertz CT molecular complexity index is 629. The van der Waals surface area contributed by atoms with Gasteiger partial charge in [0.1, 0.15) is 11.9 Å². The summed E-state index contributed by atoms with van der Waals surface area (Å²) in [4.78, 5) is 14.2. The topological polar surface area (TPSA) is 50.2 Å². The first-order valence-electron chi connectivity index (χ1n) is 7.16. The summed E-state index contributed by atoms with van der Waals surface area (Å²) in [6.07, 6.45) is 4.20. The first kappa shape index (κ1) is 19.1. The number of halogens is 2. The van der Waals surface area contributed by atoms with Crippen molar-refractivity contribution in [2.75, 3.05) is 20.6 Å². The van der Waals surface area contributed by atoms with Crippen LogP contribution >= 0.6 is 12.4 Å². The lowest BCUT2D eigenvalue weighted by atomic mass is 10.1. The number of benzene rings is 1. The molecule has 1 atom stereocenters. The van der Waals surface area contributed by atoms with E-state index in [1.165, 1.54) is 12.1 Å². The number of carbonyl (C=O) groups is 1. The van der Waals surface area contributed by atoms with Gasteiger partial charge in [0.05, 0.1) is 6.20 Å². The Morgan fingerprint density at radius 2 is 2.04 bits per heavy atom. The molecule has 0 saturated carbocycles. The molecular formula is C16H22ClFN4O.